The second-order valence-corrected chi connectivity index (χ2v) is 6.09. The summed E-state index contributed by atoms with van der Waals surface area (Å²) in [5, 5.41) is 2.83. The fourth-order valence-electron chi connectivity index (χ4n) is 2.05. The standard InChI is InChI=1S/C17H28N2O2/c1-6-19(7-2)13-15-11-9-8-10-14(15)12-18-16(20)21-17(3,4)5/h8-11H,6-7,12-13H2,1-5H3,(H,18,20). The van der Waals surface area contributed by atoms with Crippen molar-refractivity contribution < 1.29 is 9.53 Å². The minimum absolute atomic E-state index is 0.375. The summed E-state index contributed by atoms with van der Waals surface area (Å²) < 4.78 is 5.26. The number of ether oxygens (including phenoxy) is 1. The summed E-state index contributed by atoms with van der Waals surface area (Å²) in [5.74, 6) is 0. The molecular weight excluding hydrogens is 264 g/mol. The van der Waals surface area contributed by atoms with Gasteiger partial charge in [-0.2, -0.15) is 0 Å². The first kappa shape index (κ1) is 17.5. The Morgan fingerprint density at radius 1 is 1.14 bits per heavy atom. The van der Waals surface area contributed by atoms with Crippen LogP contribution in [-0.2, 0) is 17.8 Å². The zero-order valence-corrected chi connectivity index (χ0v) is 13.9. The van der Waals surface area contributed by atoms with Gasteiger partial charge in [0.15, 0.2) is 0 Å². The number of hydrogen-bond donors (Lipinski definition) is 1. The number of alkyl carbamates (subject to hydrolysis) is 1. The average molecular weight is 292 g/mol. The Balaban J connectivity index is 2.65. The molecule has 0 unspecified atom stereocenters. The van der Waals surface area contributed by atoms with Crippen molar-refractivity contribution in [3.63, 3.8) is 0 Å². The Kier molecular flexibility index (Phi) is 6.69. The van der Waals surface area contributed by atoms with E-state index in [0.717, 1.165) is 25.2 Å². The highest BCUT2D eigenvalue weighted by atomic mass is 16.6. The van der Waals surface area contributed by atoms with Gasteiger partial charge in [-0.25, -0.2) is 4.79 Å². The first-order valence-electron chi connectivity index (χ1n) is 7.61. The number of amides is 1. The Hall–Kier alpha value is -1.55. The predicted octanol–water partition coefficient (Wildman–Crippen LogP) is 3.55. The van der Waals surface area contributed by atoms with Crippen LogP contribution in [-0.4, -0.2) is 29.7 Å². The van der Waals surface area contributed by atoms with Gasteiger partial charge in [-0.05, 0) is 45.0 Å². The number of carbonyl (C=O) groups excluding carboxylic acids is 1. The molecule has 4 heteroatoms. The molecule has 0 saturated heterocycles. The third-order valence-electron chi connectivity index (χ3n) is 3.23. The number of benzene rings is 1. The summed E-state index contributed by atoms with van der Waals surface area (Å²) in [7, 11) is 0. The zero-order valence-electron chi connectivity index (χ0n) is 13.9. The molecule has 0 aromatic heterocycles. The van der Waals surface area contributed by atoms with Crippen LogP contribution in [0.3, 0.4) is 0 Å². The van der Waals surface area contributed by atoms with E-state index in [1.165, 1.54) is 5.56 Å². The molecule has 1 aromatic carbocycles. The lowest BCUT2D eigenvalue weighted by Crippen LogP contribution is -2.32. The molecule has 4 nitrogen and oxygen atoms in total. The van der Waals surface area contributed by atoms with Crippen LogP contribution in [0.5, 0.6) is 0 Å². The quantitative estimate of drug-likeness (QED) is 0.871. The van der Waals surface area contributed by atoms with Crippen LogP contribution in [0.25, 0.3) is 0 Å². The lowest BCUT2D eigenvalue weighted by Gasteiger charge is -2.21. The third-order valence-corrected chi connectivity index (χ3v) is 3.23. The number of hydrogen-bond acceptors (Lipinski definition) is 3. The second kappa shape index (κ2) is 8.03. The van der Waals surface area contributed by atoms with Crippen LogP contribution >= 0.6 is 0 Å². The molecule has 0 radical (unpaired) electrons. The van der Waals surface area contributed by atoms with Crippen LogP contribution < -0.4 is 5.32 Å². The van der Waals surface area contributed by atoms with Gasteiger partial charge < -0.3 is 10.1 Å². The summed E-state index contributed by atoms with van der Waals surface area (Å²) in [4.78, 5) is 14.1. The van der Waals surface area contributed by atoms with E-state index in [4.69, 9.17) is 4.74 Å². The average Bonchev–Trinajstić information content (AvgIpc) is 2.41. The Bertz CT molecular complexity index is 448. The maximum atomic E-state index is 11.7. The normalized spacial score (nSPS) is 11.5. The summed E-state index contributed by atoms with van der Waals surface area (Å²) in [5.41, 5.74) is 1.91. The van der Waals surface area contributed by atoms with Crippen LogP contribution in [0, 0.1) is 0 Å². The van der Waals surface area contributed by atoms with Crippen LogP contribution in [0.15, 0.2) is 24.3 Å². The van der Waals surface area contributed by atoms with E-state index >= 15 is 0 Å². The molecule has 0 atom stereocenters. The van der Waals surface area contributed by atoms with Crippen molar-refractivity contribution in [2.45, 2.75) is 53.3 Å². The zero-order chi connectivity index (χ0) is 15.9. The van der Waals surface area contributed by atoms with E-state index in [9.17, 15) is 4.79 Å². The van der Waals surface area contributed by atoms with Crippen molar-refractivity contribution in [3.05, 3.63) is 35.4 Å². The minimum atomic E-state index is -0.467. The molecular formula is C17H28N2O2. The first-order valence-corrected chi connectivity index (χ1v) is 7.61. The van der Waals surface area contributed by atoms with Gasteiger partial charge in [-0.15, -0.1) is 0 Å². The smallest absolute Gasteiger partial charge is 0.407 e. The maximum absolute atomic E-state index is 11.7. The van der Waals surface area contributed by atoms with Gasteiger partial charge in [-0.3, -0.25) is 4.90 Å². The van der Waals surface area contributed by atoms with Crippen molar-refractivity contribution in [1.82, 2.24) is 10.2 Å². The molecule has 0 heterocycles. The molecule has 0 bridgehead atoms. The SMILES string of the molecule is CCN(CC)Cc1ccccc1CNC(=O)OC(C)(C)C. The monoisotopic (exact) mass is 292 g/mol. The molecule has 21 heavy (non-hydrogen) atoms. The van der Waals surface area contributed by atoms with E-state index < -0.39 is 5.60 Å². The fourth-order valence-corrected chi connectivity index (χ4v) is 2.05. The van der Waals surface area contributed by atoms with Gasteiger partial charge in [0.25, 0.3) is 0 Å². The lowest BCUT2D eigenvalue weighted by molar-refractivity contribution is 0.0523. The number of nitrogens with one attached hydrogen (secondary N) is 1. The van der Waals surface area contributed by atoms with Crippen molar-refractivity contribution in [3.8, 4) is 0 Å². The van der Waals surface area contributed by atoms with E-state index in [1.807, 2.05) is 32.9 Å². The maximum Gasteiger partial charge on any atom is 0.407 e. The van der Waals surface area contributed by atoms with E-state index in [0.29, 0.717) is 6.54 Å². The van der Waals surface area contributed by atoms with Crippen molar-refractivity contribution in [1.29, 1.82) is 0 Å². The van der Waals surface area contributed by atoms with Crippen LogP contribution in [0.1, 0.15) is 45.7 Å². The van der Waals surface area contributed by atoms with Gasteiger partial charge in [-0.1, -0.05) is 38.1 Å². The van der Waals surface area contributed by atoms with Crippen molar-refractivity contribution in [2.24, 2.45) is 0 Å². The van der Waals surface area contributed by atoms with Gasteiger partial charge >= 0.3 is 6.09 Å². The lowest BCUT2D eigenvalue weighted by atomic mass is 10.1. The Morgan fingerprint density at radius 3 is 2.24 bits per heavy atom. The Morgan fingerprint density at radius 2 is 1.71 bits per heavy atom. The van der Waals surface area contributed by atoms with Crippen molar-refractivity contribution in [2.75, 3.05) is 13.1 Å². The first-order chi connectivity index (χ1) is 9.85. The second-order valence-electron chi connectivity index (χ2n) is 6.09. The largest absolute Gasteiger partial charge is 0.444 e. The molecule has 0 aliphatic carbocycles. The molecule has 0 spiro atoms. The minimum Gasteiger partial charge on any atom is -0.444 e. The van der Waals surface area contributed by atoms with E-state index in [2.05, 4.69) is 36.2 Å². The molecule has 1 rings (SSSR count). The molecule has 118 valence electrons. The number of rotatable bonds is 6. The van der Waals surface area contributed by atoms with Crippen LogP contribution in [0.4, 0.5) is 4.79 Å². The van der Waals surface area contributed by atoms with Gasteiger partial charge in [0.05, 0.1) is 0 Å². The molecule has 1 amide bonds. The number of carbonyl (C=O) groups is 1. The summed E-state index contributed by atoms with van der Waals surface area (Å²) in [6.45, 7) is 13.3. The third kappa shape index (κ3) is 6.63. The molecule has 0 fully saturated rings. The van der Waals surface area contributed by atoms with Crippen LogP contribution in [0.2, 0.25) is 0 Å². The molecule has 1 N–H and O–H groups in total. The van der Waals surface area contributed by atoms with Gasteiger partial charge in [0, 0.05) is 13.1 Å². The predicted molar refractivity (Wildman–Crippen MR) is 86.1 cm³/mol. The van der Waals surface area contributed by atoms with Gasteiger partial charge in [0.2, 0.25) is 0 Å². The molecule has 0 aliphatic heterocycles. The highest BCUT2D eigenvalue weighted by Gasteiger charge is 2.16. The molecule has 0 aliphatic rings. The summed E-state index contributed by atoms with van der Waals surface area (Å²) in [6, 6.07) is 8.20. The van der Waals surface area contributed by atoms with E-state index in [-0.39, 0.29) is 6.09 Å². The topological polar surface area (TPSA) is 41.6 Å². The summed E-state index contributed by atoms with van der Waals surface area (Å²) in [6.07, 6.45) is -0.375. The fraction of sp³-hybridized carbons (Fsp3) is 0.588. The number of nitrogens with zero attached hydrogens (tertiary/aromatic N) is 1. The highest BCUT2D eigenvalue weighted by Crippen LogP contribution is 2.12. The molecule has 1 aromatic rings. The highest BCUT2D eigenvalue weighted by molar-refractivity contribution is 5.67. The van der Waals surface area contributed by atoms with Gasteiger partial charge in [0.1, 0.15) is 5.60 Å². The summed E-state index contributed by atoms with van der Waals surface area (Å²) >= 11 is 0. The Labute approximate surface area is 128 Å². The van der Waals surface area contributed by atoms with Crippen molar-refractivity contribution >= 4 is 6.09 Å². The molecule has 0 saturated carbocycles. The van der Waals surface area contributed by atoms with E-state index in [1.54, 1.807) is 0 Å².